The van der Waals surface area contributed by atoms with Crippen LogP contribution in [0.15, 0.2) is 17.2 Å². The third-order valence-corrected chi connectivity index (χ3v) is 4.16. The number of hydrogen-bond donors (Lipinski definition) is 0. The quantitative estimate of drug-likeness (QED) is 0.733. The van der Waals surface area contributed by atoms with Gasteiger partial charge >= 0.3 is 0 Å². The zero-order valence-electron chi connectivity index (χ0n) is 13.8. The zero-order valence-corrected chi connectivity index (χ0v) is 13.8. The Bertz CT molecular complexity index is 641. The van der Waals surface area contributed by atoms with Crippen molar-refractivity contribution in [3.05, 3.63) is 24.4 Å². The monoisotopic (exact) mass is 334 g/mol. The highest BCUT2D eigenvalue weighted by atomic mass is 16.5. The van der Waals surface area contributed by atoms with Crippen molar-refractivity contribution in [1.82, 2.24) is 29.8 Å². The van der Waals surface area contributed by atoms with E-state index < -0.39 is 0 Å². The van der Waals surface area contributed by atoms with Gasteiger partial charge in [0.15, 0.2) is 5.82 Å². The number of carbonyl (C=O) groups is 1. The van der Waals surface area contributed by atoms with E-state index in [2.05, 4.69) is 20.2 Å². The van der Waals surface area contributed by atoms with Crippen LogP contribution >= 0.6 is 0 Å². The van der Waals surface area contributed by atoms with E-state index in [9.17, 15) is 4.79 Å². The normalized spacial score (nSPS) is 18.0. The second-order valence-electron chi connectivity index (χ2n) is 5.88. The standard InChI is InChI=1S/C15H22N6O3/c1-23-8-5-13-18-15(24-19-13)12-3-2-6-20(9-12)14(22)4-7-21-11-16-10-17-21/h10-12H,2-9H2,1H3/t12-/m0/s1. The summed E-state index contributed by atoms with van der Waals surface area (Å²) in [5.74, 6) is 1.50. The largest absolute Gasteiger partial charge is 0.384 e. The predicted octanol–water partition coefficient (Wildman–Crippen LogP) is 0.646. The molecular weight excluding hydrogens is 312 g/mol. The van der Waals surface area contributed by atoms with Crippen LogP contribution in [0.25, 0.3) is 0 Å². The van der Waals surface area contributed by atoms with Crippen molar-refractivity contribution in [2.24, 2.45) is 0 Å². The van der Waals surface area contributed by atoms with E-state index in [0.717, 1.165) is 19.4 Å². The second kappa shape index (κ2) is 8.00. The number of ether oxygens (including phenoxy) is 1. The fourth-order valence-corrected chi connectivity index (χ4v) is 2.85. The van der Waals surface area contributed by atoms with Crippen molar-refractivity contribution in [2.75, 3.05) is 26.8 Å². The minimum absolute atomic E-state index is 0.109. The number of likely N-dealkylation sites (tertiary alicyclic amines) is 1. The van der Waals surface area contributed by atoms with Crippen molar-refractivity contribution in [3.8, 4) is 0 Å². The van der Waals surface area contributed by atoms with Crippen LogP contribution in [0.2, 0.25) is 0 Å². The molecule has 2 aromatic rings. The molecular formula is C15H22N6O3. The first-order valence-electron chi connectivity index (χ1n) is 8.18. The molecule has 2 aromatic heterocycles. The maximum Gasteiger partial charge on any atom is 0.231 e. The van der Waals surface area contributed by atoms with E-state index in [1.54, 1.807) is 18.1 Å². The Kier molecular flexibility index (Phi) is 5.52. The maximum absolute atomic E-state index is 12.4. The molecule has 0 spiro atoms. The van der Waals surface area contributed by atoms with Crippen molar-refractivity contribution < 1.29 is 14.1 Å². The lowest BCUT2D eigenvalue weighted by Crippen LogP contribution is -2.39. The average molecular weight is 334 g/mol. The Morgan fingerprint density at radius 3 is 3.21 bits per heavy atom. The van der Waals surface area contributed by atoms with Gasteiger partial charge < -0.3 is 14.2 Å². The maximum atomic E-state index is 12.4. The molecule has 3 heterocycles. The summed E-state index contributed by atoms with van der Waals surface area (Å²) in [5, 5.41) is 8.00. The number of carbonyl (C=O) groups excluding carboxylic acids is 1. The first kappa shape index (κ1) is 16.6. The number of aromatic nitrogens is 5. The molecule has 9 nitrogen and oxygen atoms in total. The molecule has 1 fully saturated rings. The van der Waals surface area contributed by atoms with E-state index in [1.807, 2.05) is 4.90 Å². The van der Waals surface area contributed by atoms with E-state index in [1.165, 1.54) is 6.33 Å². The molecule has 0 radical (unpaired) electrons. The number of aryl methyl sites for hydroxylation is 1. The van der Waals surface area contributed by atoms with Gasteiger partial charge in [0.05, 0.1) is 19.1 Å². The van der Waals surface area contributed by atoms with E-state index in [0.29, 0.717) is 44.3 Å². The van der Waals surface area contributed by atoms with Crippen molar-refractivity contribution in [1.29, 1.82) is 0 Å². The predicted molar refractivity (Wildman–Crippen MR) is 83.1 cm³/mol. The van der Waals surface area contributed by atoms with Gasteiger partial charge in [0.2, 0.25) is 11.8 Å². The minimum atomic E-state index is 0.109. The smallest absolute Gasteiger partial charge is 0.231 e. The summed E-state index contributed by atoms with van der Waals surface area (Å²) in [6, 6.07) is 0. The van der Waals surface area contributed by atoms with E-state index in [-0.39, 0.29) is 11.8 Å². The highest BCUT2D eigenvalue weighted by Crippen LogP contribution is 2.26. The van der Waals surface area contributed by atoms with Gasteiger partial charge in [0, 0.05) is 33.0 Å². The van der Waals surface area contributed by atoms with E-state index >= 15 is 0 Å². The first-order chi connectivity index (χ1) is 11.8. The summed E-state index contributed by atoms with van der Waals surface area (Å²) in [6.45, 7) is 2.51. The molecule has 1 aliphatic rings. The Morgan fingerprint density at radius 1 is 1.50 bits per heavy atom. The van der Waals surface area contributed by atoms with Crippen LogP contribution in [-0.4, -0.2) is 62.5 Å². The SMILES string of the molecule is COCCc1noc([C@H]2CCCN(C(=O)CCn3cncn3)C2)n1. The number of rotatable bonds is 7. The molecule has 0 unspecified atom stereocenters. The molecule has 0 aliphatic carbocycles. The third kappa shape index (κ3) is 4.16. The fourth-order valence-electron chi connectivity index (χ4n) is 2.85. The van der Waals surface area contributed by atoms with Gasteiger partial charge in [-0.05, 0) is 12.8 Å². The lowest BCUT2D eigenvalue weighted by molar-refractivity contribution is -0.132. The van der Waals surface area contributed by atoms with Gasteiger partial charge in [-0.1, -0.05) is 5.16 Å². The highest BCUT2D eigenvalue weighted by molar-refractivity contribution is 5.76. The Labute approximate surface area is 140 Å². The number of hydrogen-bond acceptors (Lipinski definition) is 7. The molecule has 1 saturated heterocycles. The molecule has 24 heavy (non-hydrogen) atoms. The van der Waals surface area contributed by atoms with Gasteiger partial charge in [-0.25, -0.2) is 4.98 Å². The second-order valence-corrected chi connectivity index (χ2v) is 5.88. The number of amides is 1. The van der Waals surface area contributed by atoms with E-state index in [4.69, 9.17) is 9.26 Å². The number of piperidine rings is 1. The van der Waals surface area contributed by atoms with Gasteiger partial charge in [0.25, 0.3) is 0 Å². The summed E-state index contributed by atoms with van der Waals surface area (Å²) >= 11 is 0. The fraction of sp³-hybridized carbons (Fsp3) is 0.667. The Balaban J connectivity index is 1.53. The van der Waals surface area contributed by atoms with Crippen LogP contribution in [0.3, 0.4) is 0 Å². The molecule has 9 heteroatoms. The van der Waals surface area contributed by atoms with Crippen LogP contribution in [0.4, 0.5) is 0 Å². The van der Waals surface area contributed by atoms with Crippen LogP contribution in [0.1, 0.15) is 36.9 Å². The minimum Gasteiger partial charge on any atom is -0.384 e. The molecule has 3 rings (SSSR count). The molecule has 130 valence electrons. The van der Waals surface area contributed by atoms with Crippen LogP contribution < -0.4 is 0 Å². The van der Waals surface area contributed by atoms with Gasteiger partial charge in [-0.3, -0.25) is 9.48 Å². The molecule has 0 N–H and O–H groups in total. The topological polar surface area (TPSA) is 99.2 Å². The van der Waals surface area contributed by atoms with Crippen molar-refractivity contribution in [2.45, 2.75) is 38.1 Å². The van der Waals surface area contributed by atoms with Crippen molar-refractivity contribution >= 4 is 5.91 Å². The summed E-state index contributed by atoms with van der Waals surface area (Å²) in [4.78, 5) is 22.6. The summed E-state index contributed by atoms with van der Waals surface area (Å²) < 4.78 is 12.1. The molecule has 0 bridgehead atoms. The average Bonchev–Trinajstić information content (AvgIpc) is 3.29. The number of methoxy groups -OCH3 is 1. The summed E-state index contributed by atoms with van der Waals surface area (Å²) in [6.07, 6.45) is 6.03. The third-order valence-electron chi connectivity index (χ3n) is 4.16. The summed E-state index contributed by atoms with van der Waals surface area (Å²) in [5.41, 5.74) is 0. The van der Waals surface area contributed by atoms with Gasteiger partial charge in [-0.2, -0.15) is 10.1 Å². The Hall–Kier alpha value is -2.29. The van der Waals surface area contributed by atoms with Crippen LogP contribution in [-0.2, 0) is 22.5 Å². The van der Waals surface area contributed by atoms with Crippen molar-refractivity contribution in [3.63, 3.8) is 0 Å². The Morgan fingerprint density at radius 2 is 2.42 bits per heavy atom. The molecule has 0 aromatic carbocycles. The zero-order chi connectivity index (χ0) is 16.8. The molecule has 1 atom stereocenters. The summed E-state index contributed by atoms with van der Waals surface area (Å²) in [7, 11) is 1.64. The molecule has 1 amide bonds. The molecule has 0 saturated carbocycles. The van der Waals surface area contributed by atoms with Crippen LogP contribution in [0, 0.1) is 0 Å². The van der Waals surface area contributed by atoms with Crippen LogP contribution in [0.5, 0.6) is 0 Å². The highest BCUT2D eigenvalue weighted by Gasteiger charge is 2.28. The lowest BCUT2D eigenvalue weighted by Gasteiger charge is -2.31. The van der Waals surface area contributed by atoms with Gasteiger partial charge in [0.1, 0.15) is 12.7 Å². The number of nitrogens with zero attached hydrogens (tertiary/aromatic N) is 6. The first-order valence-corrected chi connectivity index (χ1v) is 8.18. The molecule has 1 aliphatic heterocycles. The lowest BCUT2D eigenvalue weighted by atomic mass is 9.97. The van der Waals surface area contributed by atoms with Gasteiger partial charge in [-0.15, -0.1) is 0 Å².